The molecule has 0 spiro atoms. The average Bonchev–Trinajstić information content (AvgIpc) is 3.07. The van der Waals surface area contributed by atoms with Crippen LogP contribution in [0.4, 0.5) is 0 Å². The van der Waals surface area contributed by atoms with Gasteiger partial charge in [0, 0.05) is 24.3 Å². The summed E-state index contributed by atoms with van der Waals surface area (Å²) in [6.07, 6.45) is 4.73. The van der Waals surface area contributed by atoms with Crippen LogP contribution in [-0.2, 0) is 6.54 Å². The lowest BCUT2D eigenvalue weighted by atomic mass is 10.2. The van der Waals surface area contributed by atoms with Gasteiger partial charge < -0.3 is 10.1 Å². The second kappa shape index (κ2) is 6.97. The summed E-state index contributed by atoms with van der Waals surface area (Å²) in [5.74, 6) is 0.458. The molecule has 6 nitrogen and oxygen atoms in total. The Balaban J connectivity index is 1.56. The highest BCUT2D eigenvalue weighted by atomic mass is 32.1. The van der Waals surface area contributed by atoms with Gasteiger partial charge in [0.15, 0.2) is 0 Å². The van der Waals surface area contributed by atoms with Gasteiger partial charge in [-0.05, 0) is 24.6 Å². The maximum absolute atomic E-state index is 12.0. The number of carbonyl (C=O) groups excluding carboxylic acids is 1. The molecule has 0 bridgehead atoms. The molecule has 0 aliphatic heterocycles. The highest BCUT2D eigenvalue weighted by Gasteiger charge is 2.07. The van der Waals surface area contributed by atoms with Gasteiger partial charge in [-0.2, -0.15) is 0 Å². The van der Waals surface area contributed by atoms with Crippen molar-refractivity contribution in [3.05, 3.63) is 65.2 Å². The Labute approximate surface area is 137 Å². The van der Waals surface area contributed by atoms with E-state index in [-0.39, 0.29) is 5.91 Å². The van der Waals surface area contributed by atoms with Gasteiger partial charge in [-0.25, -0.2) is 9.97 Å². The molecule has 0 saturated carbocycles. The molecule has 3 aromatic rings. The van der Waals surface area contributed by atoms with Crippen LogP contribution < -0.4 is 10.1 Å². The van der Waals surface area contributed by atoms with Crippen molar-refractivity contribution >= 4 is 17.2 Å². The predicted molar refractivity (Wildman–Crippen MR) is 86.6 cm³/mol. The highest BCUT2D eigenvalue weighted by Crippen LogP contribution is 2.23. The van der Waals surface area contributed by atoms with E-state index < -0.39 is 0 Å². The zero-order valence-corrected chi connectivity index (χ0v) is 13.2. The van der Waals surface area contributed by atoms with Crippen LogP contribution in [0.25, 0.3) is 0 Å². The number of hydrogen-bond acceptors (Lipinski definition) is 6. The molecule has 1 N–H and O–H groups in total. The topological polar surface area (TPSA) is 77.0 Å². The van der Waals surface area contributed by atoms with Gasteiger partial charge in [0.25, 0.3) is 11.1 Å². The normalized spacial score (nSPS) is 10.3. The third-order valence-electron chi connectivity index (χ3n) is 3.00. The smallest absolute Gasteiger partial charge is 0.278 e. The van der Waals surface area contributed by atoms with Crippen molar-refractivity contribution in [2.45, 2.75) is 13.5 Å². The second-order valence-corrected chi connectivity index (χ2v) is 5.63. The summed E-state index contributed by atoms with van der Waals surface area (Å²) in [5, 5.41) is 5.26. The molecule has 0 aliphatic rings. The van der Waals surface area contributed by atoms with Crippen molar-refractivity contribution in [3.63, 3.8) is 0 Å². The number of hydrogen-bond donors (Lipinski definition) is 1. The van der Waals surface area contributed by atoms with Crippen molar-refractivity contribution in [3.8, 4) is 10.9 Å². The van der Waals surface area contributed by atoms with E-state index in [0.717, 1.165) is 11.3 Å². The highest BCUT2D eigenvalue weighted by molar-refractivity contribution is 7.11. The predicted octanol–water partition coefficient (Wildman–Crippen LogP) is 2.96. The van der Waals surface area contributed by atoms with Crippen LogP contribution in [0.1, 0.15) is 21.7 Å². The molecule has 0 atom stereocenters. The SMILES string of the molecule is Cc1cnc(C(=O)NCc2ccc(Oc3nccs3)cc2)cn1. The fourth-order valence-electron chi connectivity index (χ4n) is 1.82. The van der Waals surface area contributed by atoms with Gasteiger partial charge in [0.05, 0.1) is 11.9 Å². The zero-order chi connectivity index (χ0) is 16.1. The van der Waals surface area contributed by atoms with Crippen molar-refractivity contribution in [1.82, 2.24) is 20.3 Å². The van der Waals surface area contributed by atoms with E-state index in [9.17, 15) is 4.79 Å². The van der Waals surface area contributed by atoms with Gasteiger partial charge in [0.2, 0.25) is 0 Å². The van der Waals surface area contributed by atoms with Crippen LogP contribution in [0.3, 0.4) is 0 Å². The van der Waals surface area contributed by atoms with Crippen LogP contribution in [0.15, 0.2) is 48.2 Å². The van der Waals surface area contributed by atoms with Gasteiger partial charge in [0.1, 0.15) is 11.4 Å². The molecule has 2 aromatic heterocycles. The Hall–Kier alpha value is -2.80. The Bertz CT molecular complexity index is 771. The molecule has 23 heavy (non-hydrogen) atoms. The molecule has 0 saturated heterocycles. The Kier molecular flexibility index (Phi) is 4.58. The molecule has 2 heterocycles. The number of thiazole rings is 1. The molecular formula is C16H14N4O2S. The summed E-state index contributed by atoms with van der Waals surface area (Å²) in [4.78, 5) is 24.1. The average molecular weight is 326 g/mol. The van der Waals surface area contributed by atoms with Crippen molar-refractivity contribution in [1.29, 1.82) is 0 Å². The number of rotatable bonds is 5. The van der Waals surface area contributed by atoms with E-state index >= 15 is 0 Å². The third-order valence-corrected chi connectivity index (χ3v) is 3.65. The number of benzene rings is 1. The number of aryl methyl sites for hydroxylation is 1. The van der Waals surface area contributed by atoms with Gasteiger partial charge >= 0.3 is 0 Å². The number of aromatic nitrogens is 3. The summed E-state index contributed by atoms with van der Waals surface area (Å²) >= 11 is 1.43. The molecule has 1 amide bonds. The minimum absolute atomic E-state index is 0.249. The first-order chi connectivity index (χ1) is 11.2. The molecular weight excluding hydrogens is 312 g/mol. The molecule has 0 aliphatic carbocycles. The quantitative estimate of drug-likeness (QED) is 0.780. The van der Waals surface area contributed by atoms with Gasteiger partial charge in [-0.3, -0.25) is 9.78 Å². The maximum atomic E-state index is 12.0. The van der Waals surface area contributed by atoms with Crippen molar-refractivity contribution < 1.29 is 9.53 Å². The number of nitrogens with zero attached hydrogens (tertiary/aromatic N) is 3. The first-order valence-corrected chi connectivity index (χ1v) is 7.82. The lowest BCUT2D eigenvalue weighted by Crippen LogP contribution is -2.24. The van der Waals surface area contributed by atoms with Crippen LogP contribution in [0.2, 0.25) is 0 Å². The summed E-state index contributed by atoms with van der Waals surface area (Å²) < 4.78 is 5.58. The number of ether oxygens (including phenoxy) is 1. The molecule has 7 heteroatoms. The van der Waals surface area contributed by atoms with E-state index in [4.69, 9.17) is 4.74 Å². The molecule has 3 rings (SSSR count). The fourth-order valence-corrected chi connectivity index (χ4v) is 2.32. The largest absolute Gasteiger partial charge is 0.431 e. The Morgan fingerprint density at radius 2 is 2.00 bits per heavy atom. The van der Waals surface area contributed by atoms with Gasteiger partial charge in [-0.1, -0.05) is 23.5 Å². The number of nitrogens with one attached hydrogen (secondary N) is 1. The lowest BCUT2D eigenvalue weighted by molar-refractivity contribution is 0.0945. The molecule has 116 valence electrons. The van der Waals surface area contributed by atoms with Crippen LogP contribution in [0.5, 0.6) is 10.9 Å². The monoisotopic (exact) mass is 326 g/mol. The van der Waals surface area contributed by atoms with Gasteiger partial charge in [-0.15, -0.1) is 0 Å². The van der Waals surface area contributed by atoms with Crippen LogP contribution >= 0.6 is 11.3 Å². The van der Waals surface area contributed by atoms with E-state index in [1.807, 2.05) is 36.6 Å². The number of amides is 1. The molecule has 0 radical (unpaired) electrons. The van der Waals surface area contributed by atoms with E-state index in [1.165, 1.54) is 17.5 Å². The maximum Gasteiger partial charge on any atom is 0.278 e. The molecule has 0 unspecified atom stereocenters. The minimum atomic E-state index is -0.249. The first kappa shape index (κ1) is 15.1. The fraction of sp³-hybridized carbons (Fsp3) is 0.125. The Morgan fingerprint density at radius 1 is 1.17 bits per heavy atom. The van der Waals surface area contributed by atoms with E-state index in [1.54, 1.807) is 12.4 Å². The standard InChI is InChI=1S/C16H14N4O2S/c1-11-8-19-14(10-18-11)15(21)20-9-12-2-4-13(5-3-12)22-16-17-6-7-23-16/h2-8,10H,9H2,1H3,(H,20,21). The summed E-state index contributed by atoms with van der Waals surface area (Å²) in [6, 6.07) is 7.47. The van der Waals surface area contributed by atoms with E-state index in [0.29, 0.717) is 23.2 Å². The zero-order valence-electron chi connectivity index (χ0n) is 12.4. The molecule has 1 aromatic carbocycles. The summed E-state index contributed by atoms with van der Waals surface area (Å²) in [6.45, 7) is 2.23. The van der Waals surface area contributed by atoms with E-state index in [2.05, 4.69) is 20.3 Å². The van der Waals surface area contributed by atoms with Crippen molar-refractivity contribution in [2.24, 2.45) is 0 Å². The Morgan fingerprint density at radius 3 is 2.65 bits per heavy atom. The first-order valence-electron chi connectivity index (χ1n) is 6.94. The molecule has 0 fully saturated rings. The van der Waals surface area contributed by atoms with Crippen molar-refractivity contribution in [2.75, 3.05) is 0 Å². The number of carbonyl (C=O) groups is 1. The lowest BCUT2D eigenvalue weighted by Gasteiger charge is -2.06. The summed E-state index contributed by atoms with van der Waals surface area (Å²) in [5.41, 5.74) is 2.04. The van der Waals surface area contributed by atoms with Crippen LogP contribution in [0, 0.1) is 6.92 Å². The summed E-state index contributed by atoms with van der Waals surface area (Å²) in [7, 11) is 0. The minimum Gasteiger partial charge on any atom is -0.431 e. The second-order valence-electron chi connectivity index (χ2n) is 4.77. The van der Waals surface area contributed by atoms with Crippen LogP contribution in [-0.4, -0.2) is 20.9 Å². The third kappa shape index (κ3) is 4.10.